The summed E-state index contributed by atoms with van der Waals surface area (Å²) in [5.74, 6) is 0.652. The van der Waals surface area contributed by atoms with Gasteiger partial charge in [-0.2, -0.15) is 0 Å². The normalized spacial score (nSPS) is 10.9. The van der Waals surface area contributed by atoms with Gasteiger partial charge >= 0.3 is 5.69 Å². The van der Waals surface area contributed by atoms with Crippen molar-refractivity contribution < 1.29 is 14.3 Å². The van der Waals surface area contributed by atoms with Crippen molar-refractivity contribution in [2.75, 3.05) is 13.7 Å². The van der Waals surface area contributed by atoms with Gasteiger partial charge in [0.2, 0.25) is 0 Å². The van der Waals surface area contributed by atoms with Crippen LogP contribution in [0.5, 0.6) is 11.5 Å². The first-order valence-corrected chi connectivity index (χ1v) is 10.8. The van der Waals surface area contributed by atoms with Crippen LogP contribution in [-0.4, -0.2) is 33.7 Å². The lowest BCUT2D eigenvalue weighted by atomic mass is 10.1. The van der Waals surface area contributed by atoms with Gasteiger partial charge in [-0.15, -0.1) is 0 Å². The van der Waals surface area contributed by atoms with Crippen LogP contribution in [0.3, 0.4) is 0 Å². The number of hydrogen-bond donors (Lipinski definition) is 2. The number of halogens is 1. The summed E-state index contributed by atoms with van der Waals surface area (Å²) in [4.78, 5) is 39.9. The summed E-state index contributed by atoms with van der Waals surface area (Å²) in [5, 5.41) is 3.42. The Morgan fingerprint density at radius 3 is 2.50 bits per heavy atom. The monoisotopic (exact) mass is 482 g/mol. The van der Waals surface area contributed by atoms with Crippen molar-refractivity contribution >= 4 is 28.5 Å². The highest BCUT2D eigenvalue weighted by molar-refractivity contribution is 6.30. The first-order chi connectivity index (χ1) is 16.3. The molecule has 0 aliphatic carbocycles. The fourth-order valence-electron chi connectivity index (χ4n) is 3.59. The van der Waals surface area contributed by atoms with Gasteiger partial charge in [-0.3, -0.25) is 18.7 Å². The van der Waals surface area contributed by atoms with Crippen LogP contribution in [0.25, 0.3) is 22.3 Å². The van der Waals surface area contributed by atoms with Crippen molar-refractivity contribution in [1.82, 2.24) is 19.4 Å². The highest BCUT2D eigenvalue weighted by Crippen LogP contribution is 2.33. The fraction of sp³-hybridized carbons (Fsp3) is 0.208. The first-order valence-electron chi connectivity index (χ1n) is 10.4. The highest BCUT2D eigenvalue weighted by Gasteiger charge is 2.16. The van der Waals surface area contributed by atoms with E-state index in [9.17, 15) is 14.4 Å². The van der Waals surface area contributed by atoms with Gasteiger partial charge in [0.1, 0.15) is 17.0 Å². The third-order valence-corrected chi connectivity index (χ3v) is 5.74. The summed E-state index contributed by atoms with van der Waals surface area (Å²) >= 11 is 5.87. The van der Waals surface area contributed by atoms with Gasteiger partial charge in [0.05, 0.1) is 18.3 Å². The molecule has 10 heteroatoms. The van der Waals surface area contributed by atoms with E-state index in [-0.39, 0.29) is 12.5 Å². The Morgan fingerprint density at radius 1 is 1.06 bits per heavy atom. The summed E-state index contributed by atoms with van der Waals surface area (Å²) in [6, 6.07) is 14.0. The summed E-state index contributed by atoms with van der Waals surface area (Å²) < 4.78 is 13.6. The first kappa shape index (κ1) is 23.2. The molecular formula is C24H23ClN4O5. The van der Waals surface area contributed by atoms with Gasteiger partial charge in [-0.25, -0.2) is 4.79 Å². The molecule has 0 saturated heterocycles. The second-order valence-corrected chi connectivity index (χ2v) is 8.14. The van der Waals surface area contributed by atoms with Crippen LogP contribution in [0.1, 0.15) is 5.56 Å². The maximum absolute atomic E-state index is 12.5. The molecule has 0 radical (unpaired) electrons. The van der Waals surface area contributed by atoms with Gasteiger partial charge in [0.15, 0.2) is 6.61 Å². The molecule has 0 aliphatic heterocycles. The van der Waals surface area contributed by atoms with Gasteiger partial charge in [0.25, 0.3) is 11.5 Å². The molecule has 34 heavy (non-hydrogen) atoms. The Labute approximate surface area is 199 Å². The number of aromatic nitrogens is 3. The molecule has 0 bridgehead atoms. The SMILES string of the molecule is COc1cc(OCC(=O)NCc2ccc(Cl)cc2)ccc1-c1cc2c([nH]1)c(=O)n(C)c(=O)n2C. The van der Waals surface area contributed by atoms with E-state index in [2.05, 4.69) is 10.3 Å². The average Bonchev–Trinajstić information content (AvgIpc) is 3.30. The van der Waals surface area contributed by atoms with Crippen LogP contribution in [0.4, 0.5) is 0 Å². The minimum absolute atomic E-state index is 0.166. The number of amides is 1. The lowest BCUT2D eigenvalue weighted by Crippen LogP contribution is -2.36. The number of carbonyl (C=O) groups is 1. The maximum Gasteiger partial charge on any atom is 0.331 e. The van der Waals surface area contributed by atoms with E-state index in [4.69, 9.17) is 21.1 Å². The molecule has 176 valence electrons. The zero-order valence-corrected chi connectivity index (χ0v) is 19.6. The minimum Gasteiger partial charge on any atom is -0.496 e. The third-order valence-electron chi connectivity index (χ3n) is 5.49. The quantitative estimate of drug-likeness (QED) is 0.421. The van der Waals surface area contributed by atoms with E-state index in [0.29, 0.717) is 45.4 Å². The van der Waals surface area contributed by atoms with E-state index in [1.807, 2.05) is 12.1 Å². The maximum atomic E-state index is 12.5. The van der Waals surface area contributed by atoms with Crippen LogP contribution in [0.2, 0.25) is 5.02 Å². The van der Waals surface area contributed by atoms with Crippen molar-refractivity contribution in [2.45, 2.75) is 6.54 Å². The molecule has 0 fully saturated rings. The van der Waals surface area contributed by atoms with Crippen molar-refractivity contribution in [2.24, 2.45) is 14.1 Å². The Balaban J connectivity index is 1.50. The number of rotatable bonds is 7. The number of carbonyl (C=O) groups excluding carboxylic acids is 1. The van der Waals surface area contributed by atoms with E-state index in [1.165, 1.54) is 18.7 Å². The molecule has 2 N–H and O–H groups in total. The zero-order chi connectivity index (χ0) is 24.4. The number of nitrogens with one attached hydrogen (secondary N) is 2. The molecule has 4 aromatic rings. The predicted molar refractivity (Wildman–Crippen MR) is 130 cm³/mol. The van der Waals surface area contributed by atoms with Crippen LogP contribution >= 0.6 is 11.6 Å². The van der Waals surface area contributed by atoms with Crippen LogP contribution in [-0.2, 0) is 25.4 Å². The number of H-pyrrole nitrogens is 1. The predicted octanol–water partition coefficient (Wildman–Crippen LogP) is 2.59. The molecule has 2 aromatic carbocycles. The van der Waals surface area contributed by atoms with E-state index in [0.717, 1.165) is 10.1 Å². The molecule has 0 spiro atoms. The number of aromatic amines is 1. The zero-order valence-electron chi connectivity index (χ0n) is 18.8. The fourth-order valence-corrected chi connectivity index (χ4v) is 3.71. The molecule has 2 heterocycles. The van der Waals surface area contributed by atoms with E-state index < -0.39 is 11.2 Å². The van der Waals surface area contributed by atoms with Crippen molar-refractivity contribution in [3.63, 3.8) is 0 Å². The second kappa shape index (κ2) is 9.48. The lowest BCUT2D eigenvalue weighted by Gasteiger charge is -2.11. The smallest absolute Gasteiger partial charge is 0.331 e. The molecule has 0 aliphatic rings. The molecule has 2 aromatic heterocycles. The van der Waals surface area contributed by atoms with Gasteiger partial charge in [-0.05, 0) is 35.9 Å². The van der Waals surface area contributed by atoms with Crippen LogP contribution in [0.15, 0.2) is 58.1 Å². The molecule has 0 atom stereocenters. The summed E-state index contributed by atoms with van der Waals surface area (Å²) in [7, 11) is 4.55. The minimum atomic E-state index is -0.409. The molecule has 4 rings (SSSR count). The Bertz CT molecular complexity index is 1480. The Morgan fingerprint density at radius 2 is 1.79 bits per heavy atom. The van der Waals surface area contributed by atoms with Crippen LogP contribution < -0.4 is 26.0 Å². The standard InChI is InChI=1S/C24H23ClN4O5/c1-28-19-11-18(27-22(19)23(31)29(2)24(28)32)17-9-8-16(10-20(17)33-3)34-13-21(30)26-12-14-4-6-15(25)7-5-14/h4-11,27H,12-13H2,1-3H3,(H,26,30). The number of aryl methyl sites for hydroxylation is 1. The Hall–Kier alpha value is -3.98. The molecular weight excluding hydrogens is 460 g/mol. The molecule has 0 saturated carbocycles. The number of fused-ring (bicyclic) bond motifs is 1. The highest BCUT2D eigenvalue weighted by atomic mass is 35.5. The van der Waals surface area contributed by atoms with Crippen molar-refractivity contribution in [1.29, 1.82) is 0 Å². The average molecular weight is 483 g/mol. The Kier molecular flexibility index (Phi) is 6.47. The summed E-state index contributed by atoms with van der Waals surface area (Å²) in [5.41, 5.74) is 2.20. The number of hydrogen-bond acceptors (Lipinski definition) is 5. The number of nitrogens with zero attached hydrogens (tertiary/aromatic N) is 2. The summed E-state index contributed by atoms with van der Waals surface area (Å²) in [6.45, 7) is 0.199. The lowest BCUT2D eigenvalue weighted by molar-refractivity contribution is -0.123. The largest absolute Gasteiger partial charge is 0.496 e. The topological polar surface area (TPSA) is 107 Å². The van der Waals surface area contributed by atoms with E-state index in [1.54, 1.807) is 43.4 Å². The second-order valence-electron chi connectivity index (χ2n) is 7.70. The summed E-state index contributed by atoms with van der Waals surface area (Å²) in [6.07, 6.45) is 0. The van der Waals surface area contributed by atoms with Gasteiger partial charge < -0.3 is 19.8 Å². The molecule has 9 nitrogen and oxygen atoms in total. The van der Waals surface area contributed by atoms with Crippen molar-refractivity contribution in [3.8, 4) is 22.8 Å². The van der Waals surface area contributed by atoms with E-state index >= 15 is 0 Å². The van der Waals surface area contributed by atoms with Crippen LogP contribution in [0, 0.1) is 0 Å². The molecule has 0 unspecified atom stereocenters. The number of methoxy groups -OCH3 is 1. The van der Waals surface area contributed by atoms with Crippen molar-refractivity contribution in [3.05, 3.63) is 80.0 Å². The number of ether oxygens (including phenoxy) is 2. The molecule has 1 amide bonds. The van der Waals surface area contributed by atoms with Gasteiger partial charge in [-0.1, -0.05) is 23.7 Å². The van der Waals surface area contributed by atoms with Gasteiger partial charge in [0, 0.05) is 37.3 Å². The third kappa shape index (κ3) is 4.55. The number of benzene rings is 2.